The first-order chi connectivity index (χ1) is 12.1. The van der Waals surface area contributed by atoms with Crippen LogP contribution in [0.4, 0.5) is 0 Å². The van der Waals surface area contributed by atoms with Gasteiger partial charge in [0.15, 0.2) is 16.7 Å². The maximum absolute atomic E-state index is 12.0. The van der Waals surface area contributed by atoms with Crippen molar-refractivity contribution in [3.05, 3.63) is 42.4 Å². The van der Waals surface area contributed by atoms with Gasteiger partial charge in [-0.2, -0.15) is 0 Å². The van der Waals surface area contributed by atoms with Crippen LogP contribution < -0.4 is 5.32 Å². The van der Waals surface area contributed by atoms with E-state index in [9.17, 15) is 9.59 Å². The lowest BCUT2D eigenvalue weighted by Crippen LogP contribution is -2.33. The monoisotopic (exact) mass is 359 g/mol. The van der Waals surface area contributed by atoms with Crippen molar-refractivity contribution in [2.75, 3.05) is 5.75 Å². The number of imide groups is 1. The van der Waals surface area contributed by atoms with E-state index in [1.54, 1.807) is 48.3 Å². The summed E-state index contributed by atoms with van der Waals surface area (Å²) >= 11 is 1.22. The van der Waals surface area contributed by atoms with Gasteiger partial charge in [-0.15, -0.1) is 10.2 Å². The number of carbonyl (C=O) groups excluding carboxylic acids is 2. The highest BCUT2D eigenvalue weighted by Gasteiger charge is 2.17. The quantitative estimate of drug-likeness (QED) is 0.676. The van der Waals surface area contributed by atoms with Crippen molar-refractivity contribution in [2.45, 2.75) is 18.6 Å². The van der Waals surface area contributed by atoms with Gasteiger partial charge < -0.3 is 8.98 Å². The van der Waals surface area contributed by atoms with Crippen LogP contribution in [0.2, 0.25) is 0 Å². The summed E-state index contributed by atoms with van der Waals surface area (Å²) in [5.41, 5.74) is 0.426. The van der Waals surface area contributed by atoms with Gasteiger partial charge in [0.25, 0.3) is 5.91 Å². The van der Waals surface area contributed by atoms with E-state index >= 15 is 0 Å². The first-order valence-electron chi connectivity index (χ1n) is 7.65. The Morgan fingerprint density at radius 2 is 2.12 bits per heavy atom. The SMILES string of the molecule is CCn1c(SCC(=O)NC(=O)c2cccn2C)nnc1-c1ccco1. The van der Waals surface area contributed by atoms with Crippen molar-refractivity contribution >= 4 is 23.6 Å². The molecule has 0 radical (unpaired) electrons. The zero-order chi connectivity index (χ0) is 17.8. The molecule has 0 aromatic carbocycles. The first kappa shape index (κ1) is 17.0. The highest BCUT2D eigenvalue weighted by Crippen LogP contribution is 2.24. The summed E-state index contributed by atoms with van der Waals surface area (Å²) in [5, 5.41) is 11.2. The molecule has 0 fully saturated rings. The lowest BCUT2D eigenvalue weighted by Gasteiger charge is -2.06. The van der Waals surface area contributed by atoms with Crippen LogP contribution in [-0.2, 0) is 18.4 Å². The minimum Gasteiger partial charge on any atom is -0.461 e. The average Bonchev–Trinajstić information content (AvgIpc) is 3.32. The van der Waals surface area contributed by atoms with Gasteiger partial charge in [-0.3, -0.25) is 19.5 Å². The molecule has 25 heavy (non-hydrogen) atoms. The maximum Gasteiger partial charge on any atom is 0.274 e. The van der Waals surface area contributed by atoms with Gasteiger partial charge in [0, 0.05) is 19.8 Å². The third kappa shape index (κ3) is 3.66. The number of thioether (sulfide) groups is 1. The summed E-state index contributed by atoms with van der Waals surface area (Å²) in [6.45, 7) is 2.59. The van der Waals surface area contributed by atoms with Crippen molar-refractivity contribution in [1.29, 1.82) is 0 Å². The van der Waals surface area contributed by atoms with Gasteiger partial charge in [0.05, 0.1) is 12.0 Å². The van der Waals surface area contributed by atoms with E-state index in [0.29, 0.717) is 29.0 Å². The summed E-state index contributed by atoms with van der Waals surface area (Å²) in [6, 6.07) is 6.97. The fourth-order valence-electron chi connectivity index (χ4n) is 2.32. The van der Waals surface area contributed by atoms with Gasteiger partial charge in [-0.1, -0.05) is 11.8 Å². The smallest absolute Gasteiger partial charge is 0.274 e. The second-order valence-corrected chi connectivity index (χ2v) is 6.14. The molecule has 3 rings (SSSR count). The molecule has 1 N–H and O–H groups in total. The average molecular weight is 359 g/mol. The van der Waals surface area contributed by atoms with E-state index in [4.69, 9.17) is 4.42 Å². The van der Waals surface area contributed by atoms with Crippen molar-refractivity contribution in [2.24, 2.45) is 7.05 Å². The third-order valence-electron chi connectivity index (χ3n) is 3.54. The number of hydrogen-bond acceptors (Lipinski definition) is 6. The zero-order valence-corrected chi connectivity index (χ0v) is 14.6. The number of amides is 2. The van der Waals surface area contributed by atoms with Crippen LogP contribution in [0, 0.1) is 0 Å². The number of furan rings is 1. The van der Waals surface area contributed by atoms with E-state index in [1.807, 2.05) is 11.5 Å². The Bertz CT molecular complexity index is 882. The Hall–Kier alpha value is -2.81. The molecular formula is C16H17N5O3S. The molecule has 130 valence electrons. The zero-order valence-electron chi connectivity index (χ0n) is 13.8. The van der Waals surface area contributed by atoms with Gasteiger partial charge >= 0.3 is 0 Å². The van der Waals surface area contributed by atoms with Gasteiger partial charge in [-0.25, -0.2) is 0 Å². The normalized spacial score (nSPS) is 10.8. The van der Waals surface area contributed by atoms with Crippen molar-refractivity contribution < 1.29 is 14.0 Å². The molecule has 9 heteroatoms. The van der Waals surface area contributed by atoms with E-state index in [0.717, 1.165) is 0 Å². The topological polar surface area (TPSA) is 95.0 Å². The van der Waals surface area contributed by atoms with Crippen LogP contribution >= 0.6 is 11.8 Å². The molecule has 0 saturated heterocycles. The van der Waals surface area contributed by atoms with Crippen molar-refractivity contribution in [3.8, 4) is 11.6 Å². The van der Waals surface area contributed by atoms with Crippen LogP contribution in [0.15, 0.2) is 46.3 Å². The van der Waals surface area contributed by atoms with Gasteiger partial charge in [0.2, 0.25) is 5.91 Å². The maximum atomic E-state index is 12.0. The fourth-order valence-corrected chi connectivity index (χ4v) is 3.12. The van der Waals surface area contributed by atoms with Crippen molar-refractivity contribution in [1.82, 2.24) is 24.6 Å². The third-order valence-corrected chi connectivity index (χ3v) is 4.50. The van der Waals surface area contributed by atoms with Crippen LogP contribution in [-0.4, -0.2) is 36.9 Å². The summed E-state index contributed by atoms with van der Waals surface area (Å²) in [4.78, 5) is 24.1. The predicted octanol–water partition coefficient (Wildman–Crippen LogP) is 1.95. The number of aromatic nitrogens is 4. The van der Waals surface area contributed by atoms with Gasteiger partial charge in [-0.05, 0) is 31.2 Å². The van der Waals surface area contributed by atoms with Crippen LogP contribution in [0.25, 0.3) is 11.6 Å². The summed E-state index contributed by atoms with van der Waals surface area (Å²) in [5.74, 6) is 0.472. The van der Waals surface area contributed by atoms with Crippen LogP contribution in [0.5, 0.6) is 0 Å². The molecule has 0 aliphatic rings. The molecule has 0 atom stereocenters. The molecule has 0 unspecified atom stereocenters. The molecular weight excluding hydrogens is 342 g/mol. The largest absolute Gasteiger partial charge is 0.461 e. The Morgan fingerprint density at radius 1 is 1.28 bits per heavy atom. The summed E-state index contributed by atoms with van der Waals surface area (Å²) in [6.07, 6.45) is 3.31. The molecule has 3 aromatic rings. The highest BCUT2D eigenvalue weighted by atomic mass is 32.2. The Balaban J connectivity index is 1.63. The molecule has 0 saturated carbocycles. The van der Waals surface area contributed by atoms with E-state index in [2.05, 4.69) is 15.5 Å². The van der Waals surface area contributed by atoms with E-state index < -0.39 is 5.91 Å². The molecule has 0 aliphatic heterocycles. The standard InChI is InChI=1S/C16H17N5O3S/c1-3-21-14(12-7-5-9-24-12)18-19-16(21)25-10-13(22)17-15(23)11-6-4-8-20(11)2/h4-9H,3,10H2,1-2H3,(H,17,22,23). The number of nitrogens with zero attached hydrogens (tertiary/aromatic N) is 4. The van der Waals surface area contributed by atoms with Crippen molar-refractivity contribution in [3.63, 3.8) is 0 Å². The number of hydrogen-bond donors (Lipinski definition) is 1. The minimum atomic E-state index is -0.425. The Morgan fingerprint density at radius 3 is 2.76 bits per heavy atom. The molecule has 0 aliphatic carbocycles. The number of rotatable bonds is 6. The molecule has 3 heterocycles. The Labute approximate surface area is 148 Å². The second kappa shape index (κ2) is 7.39. The molecule has 2 amide bonds. The first-order valence-corrected chi connectivity index (χ1v) is 8.64. The van der Waals surface area contributed by atoms with Crippen LogP contribution in [0.1, 0.15) is 17.4 Å². The number of aryl methyl sites for hydroxylation is 1. The summed E-state index contributed by atoms with van der Waals surface area (Å²) in [7, 11) is 1.74. The number of nitrogens with one attached hydrogen (secondary N) is 1. The molecule has 0 bridgehead atoms. The lowest BCUT2D eigenvalue weighted by molar-refractivity contribution is -0.117. The lowest BCUT2D eigenvalue weighted by atomic mass is 10.4. The number of carbonyl (C=O) groups is 2. The van der Waals surface area contributed by atoms with E-state index in [-0.39, 0.29) is 11.7 Å². The van der Waals surface area contributed by atoms with Crippen LogP contribution in [0.3, 0.4) is 0 Å². The fraction of sp³-hybridized carbons (Fsp3) is 0.250. The predicted molar refractivity (Wildman–Crippen MR) is 92.0 cm³/mol. The summed E-state index contributed by atoms with van der Waals surface area (Å²) < 4.78 is 8.86. The van der Waals surface area contributed by atoms with Gasteiger partial charge in [0.1, 0.15) is 5.69 Å². The minimum absolute atomic E-state index is 0.0620. The molecule has 3 aromatic heterocycles. The second-order valence-electron chi connectivity index (χ2n) is 5.20. The highest BCUT2D eigenvalue weighted by molar-refractivity contribution is 7.99. The van der Waals surface area contributed by atoms with E-state index in [1.165, 1.54) is 11.8 Å². The molecule has 8 nitrogen and oxygen atoms in total. The Kier molecular flexibility index (Phi) is 5.03. The molecule has 0 spiro atoms.